The van der Waals surface area contributed by atoms with Gasteiger partial charge < -0.3 is 9.84 Å². The van der Waals surface area contributed by atoms with E-state index in [2.05, 4.69) is 4.74 Å². The summed E-state index contributed by atoms with van der Waals surface area (Å²) in [7, 11) is 0. The molecule has 1 aromatic rings. The standard InChI is InChI=1S/C17H22F4N2O3/c1-2-23(11-16(24)25)12-6-8-22(9-7-12)10-13-14(18)4-3-5-15(13)26-17(19,20)21/h3-5,12H,2,6-11H2,1H3,(H,24,25). The summed E-state index contributed by atoms with van der Waals surface area (Å²) in [5.74, 6) is -2.16. The number of aliphatic carboxylic acids is 1. The van der Waals surface area contributed by atoms with Crippen LogP contribution >= 0.6 is 0 Å². The fraction of sp³-hybridized carbons (Fsp3) is 0.588. The summed E-state index contributed by atoms with van der Waals surface area (Å²) in [6.45, 7) is 3.54. The summed E-state index contributed by atoms with van der Waals surface area (Å²) >= 11 is 0. The first-order chi connectivity index (χ1) is 12.2. The highest BCUT2D eigenvalue weighted by molar-refractivity contribution is 5.69. The Morgan fingerprint density at radius 3 is 2.54 bits per heavy atom. The summed E-state index contributed by atoms with van der Waals surface area (Å²) in [6, 6.07) is 3.48. The zero-order valence-electron chi connectivity index (χ0n) is 14.4. The van der Waals surface area contributed by atoms with E-state index < -0.39 is 23.9 Å². The molecule has 0 spiro atoms. The molecule has 2 rings (SSSR count). The third-order valence-electron chi connectivity index (χ3n) is 4.50. The Labute approximate surface area is 149 Å². The molecule has 9 heteroatoms. The number of halogens is 4. The Hall–Kier alpha value is -1.87. The van der Waals surface area contributed by atoms with Crippen molar-refractivity contribution in [2.24, 2.45) is 0 Å². The number of carbonyl (C=O) groups is 1. The van der Waals surface area contributed by atoms with Crippen molar-refractivity contribution < 1.29 is 32.2 Å². The lowest BCUT2D eigenvalue weighted by molar-refractivity contribution is -0.275. The number of hydrogen-bond donors (Lipinski definition) is 1. The second-order valence-corrected chi connectivity index (χ2v) is 6.23. The average molecular weight is 378 g/mol. The maximum absolute atomic E-state index is 14.0. The zero-order chi connectivity index (χ0) is 19.3. The maximum Gasteiger partial charge on any atom is 0.573 e. The van der Waals surface area contributed by atoms with Gasteiger partial charge in [-0.25, -0.2) is 4.39 Å². The second-order valence-electron chi connectivity index (χ2n) is 6.23. The first kappa shape index (κ1) is 20.4. The van der Waals surface area contributed by atoms with Crippen LogP contribution < -0.4 is 4.74 Å². The molecule has 1 N–H and O–H groups in total. The lowest BCUT2D eigenvalue weighted by Crippen LogP contribution is -2.46. The van der Waals surface area contributed by atoms with Gasteiger partial charge in [0.05, 0.1) is 6.54 Å². The van der Waals surface area contributed by atoms with Gasteiger partial charge in [-0.2, -0.15) is 0 Å². The van der Waals surface area contributed by atoms with Crippen molar-refractivity contribution >= 4 is 5.97 Å². The number of carboxylic acid groups (broad SMARTS) is 1. The number of hydrogen-bond acceptors (Lipinski definition) is 4. The molecule has 0 atom stereocenters. The molecule has 1 aromatic carbocycles. The third-order valence-corrected chi connectivity index (χ3v) is 4.50. The molecule has 5 nitrogen and oxygen atoms in total. The van der Waals surface area contributed by atoms with Crippen LogP contribution in [0.25, 0.3) is 0 Å². The predicted octanol–water partition coefficient (Wildman–Crippen LogP) is 3.10. The molecule has 1 fully saturated rings. The Kier molecular flexibility index (Phi) is 6.82. The number of carboxylic acids is 1. The number of nitrogens with zero attached hydrogens (tertiary/aromatic N) is 2. The summed E-state index contributed by atoms with van der Waals surface area (Å²) in [4.78, 5) is 14.6. The molecule has 1 saturated heterocycles. The van der Waals surface area contributed by atoms with Crippen molar-refractivity contribution in [3.63, 3.8) is 0 Å². The van der Waals surface area contributed by atoms with Crippen LogP contribution in [0.1, 0.15) is 25.3 Å². The zero-order valence-corrected chi connectivity index (χ0v) is 14.4. The van der Waals surface area contributed by atoms with Crippen LogP contribution in [-0.2, 0) is 11.3 Å². The van der Waals surface area contributed by atoms with Gasteiger partial charge in [0.25, 0.3) is 0 Å². The number of benzene rings is 1. The van der Waals surface area contributed by atoms with Crippen LogP contribution in [0.3, 0.4) is 0 Å². The Morgan fingerprint density at radius 1 is 1.35 bits per heavy atom. The maximum atomic E-state index is 14.0. The third kappa shape index (κ3) is 5.84. The van der Waals surface area contributed by atoms with Gasteiger partial charge in [0.2, 0.25) is 0 Å². The van der Waals surface area contributed by atoms with Gasteiger partial charge in [-0.3, -0.25) is 14.6 Å². The van der Waals surface area contributed by atoms with E-state index in [-0.39, 0.29) is 24.7 Å². The number of ether oxygens (including phenoxy) is 1. The molecule has 0 aromatic heterocycles. The summed E-state index contributed by atoms with van der Waals surface area (Å²) in [5.41, 5.74) is -0.124. The highest BCUT2D eigenvalue weighted by atomic mass is 19.4. The summed E-state index contributed by atoms with van der Waals surface area (Å²) < 4.78 is 55.5. The highest BCUT2D eigenvalue weighted by Gasteiger charge is 2.33. The van der Waals surface area contributed by atoms with E-state index in [9.17, 15) is 22.4 Å². The fourth-order valence-electron chi connectivity index (χ4n) is 3.25. The number of alkyl halides is 3. The highest BCUT2D eigenvalue weighted by Crippen LogP contribution is 2.30. The largest absolute Gasteiger partial charge is 0.573 e. The van der Waals surface area contributed by atoms with Crippen molar-refractivity contribution in [3.8, 4) is 5.75 Å². The van der Waals surface area contributed by atoms with Crippen LogP contribution in [0.2, 0.25) is 0 Å². The Morgan fingerprint density at radius 2 is 2.00 bits per heavy atom. The molecule has 0 amide bonds. The van der Waals surface area contributed by atoms with Crippen molar-refractivity contribution in [2.75, 3.05) is 26.2 Å². The van der Waals surface area contributed by atoms with Crippen LogP contribution in [0, 0.1) is 5.82 Å². The molecule has 26 heavy (non-hydrogen) atoms. The second kappa shape index (κ2) is 8.68. The monoisotopic (exact) mass is 378 g/mol. The van der Waals surface area contributed by atoms with E-state index in [0.717, 1.165) is 12.1 Å². The van der Waals surface area contributed by atoms with Crippen molar-refractivity contribution in [1.82, 2.24) is 9.80 Å². The number of likely N-dealkylation sites (tertiary alicyclic amines) is 1. The number of rotatable bonds is 7. The van der Waals surface area contributed by atoms with E-state index in [1.807, 2.05) is 16.7 Å². The Bertz CT molecular complexity index is 617. The van der Waals surface area contributed by atoms with Gasteiger partial charge in [0.1, 0.15) is 11.6 Å². The van der Waals surface area contributed by atoms with Crippen LogP contribution in [-0.4, -0.2) is 59.5 Å². The van der Waals surface area contributed by atoms with Crippen molar-refractivity contribution in [1.29, 1.82) is 0 Å². The lowest BCUT2D eigenvalue weighted by atomic mass is 10.0. The van der Waals surface area contributed by atoms with Gasteiger partial charge in [-0.05, 0) is 44.6 Å². The molecule has 0 radical (unpaired) electrons. The average Bonchev–Trinajstić information content (AvgIpc) is 2.55. The van der Waals surface area contributed by atoms with Gasteiger partial charge in [-0.15, -0.1) is 13.2 Å². The van der Waals surface area contributed by atoms with Gasteiger partial charge in [0, 0.05) is 18.2 Å². The molecular formula is C17H22F4N2O3. The molecule has 0 unspecified atom stereocenters. The molecule has 146 valence electrons. The van der Waals surface area contributed by atoms with E-state index in [4.69, 9.17) is 5.11 Å². The van der Waals surface area contributed by atoms with Gasteiger partial charge in [-0.1, -0.05) is 13.0 Å². The van der Waals surface area contributed by atoms with Crippen molar-refractivity contribution in [2.45, 2.75) is 38.7 Å². The fourth-order valence-corrected chi connectivity index (χ4v) is 3.25. The molecule has 0 saturated carbocycles. The minimum atomic E-state index is -4.88. The summed E-state index contributed by atoms with van der Waals surface area (Å²) in [6.07, 6.45) is -3.54. The van der Waals surface area contributed by atoms with Gasteiger partial charge >= 0.3 is 12.3 Å². The Balaban J connectivity index is 2.00. The molecule has 0 aliphatic carbocycles. The number of likely N-dealkylation sites (N-methyl/N-ethyl adjacent to an activating group) is 1. The van der Waals surface area contributed by atoms with Gasteiger partial charge in [0.15, 0.2) is 0 Å². The molecule has 0 bridgehead atoms. The van der Waals surface area contributed by atoms with Crippen molar-refractivity contribution in [3.05, 3.63) is 29.6 Å². The number of piperidine rings is 1. The smallest absolute Gasteiger partial charge is 0.480 e. The minimum absolute atomic E-state index is 0.00978. The van der Waals surface area contributed by atoms with Crippen LogP contribution in [0.5, 0.6) is 5.75 Å². The first-order valence-corrected chi connectivity index (χ1v) is 8.41. The minimum Gasteiger partial charge on any atom is -0.480 e. The molecular weight excluding hydrogens is 356 g/mol. The summed E-state index contributed by atoms with van der Waals surface area (Å²) in [5, 5.41) is 8.95. The predicted molar refractivity (Wildman–Crippen MR) is 86.3 cm³/mol. The molecule has 1 aliphatic heterocycles. The van der Waals surface area contributed by atoms with E-state index in [1.165, 1.54) is 6.07 Å². The van der Waals surface area contributed by atoms with Crippen LogP contribution in [0.4, 0.5) is 17.6 Å². The van der Waals surface area contributed by atoms with E-state index in [1.54, 1.807) is 0 Å². The molecule has 1 heterocycles. The van der Waals surface area contributed by atoms with Crippen LogP contribution in [0.15, 0.2) is 18.2 Å². The first-order valence-electron chi connectivity index (χ1n) is 8.41. The normalized spacial score (nSPS) is 16.8. The SMILES string of the molecule is CCN(CC(=O)O)C1CCN(Cc2c(F)cccc2OC(F)(F)F)CC1. The topological polar surface area (TPSA) is 53.0 Å². The lowest BCUT2D eigenvalue weighted by Gasteiger charge is -2.37. The quantitative estimate of drug-likeness (QED) is 0.739. The van der Waals surface area contributed by atoms with E-state index in [0.29, 0.717) is 32.5 Å². The van der Waals surface area contributed by atoms with E-state index >= 15 is 0 Å². The molecule has 1 aliphatic rings.